The van der Waals surface area contributed by atoms with E-state index in [1.807, 2.05) is 0 Å². The summed E-state index contributed by atoms with van der Waals surface area (Å²) in [5.41, 5.74) is 7.72. The fourth-order valence-corrected chi connectivity index (χ4v) is 3.04. The Balaban J connectivity index is 2.18. The predicted molar refractivity (Wildman–Crippen MR) is 78.6 cm³/mol. The van der Waals surface area contributed by atoms with Gasteiger partial charge in [0.25, 0.3) is 0 Å². The summed E-state index contributed by atoms with van der Waals surface area (Å²) >= 11 is 4.65. The van der Waals surface area contributed by atoms with E-state index < -0.39 is 0 Å². The molecule has 0 amide bonds. The van der Waals surface area contributed by atoms with E-state index in [2.05, 4.69) is 32.4 Å². The lowest BCUT2D eigenvalue weighted by Gasteiger charge is -2.11. The maximum absolute atomic E-state index is 13.7. The van der Waals surface area contributed by atoms with Crippen molar-refractivity contribution in [1.29, 1.82) is 0 Å². The molecule has 102 valence electrons. The van der Waals surface area contributed by atoms with Crippen molar-refractivity contribution in [2.45, 2.75) is 32.2 Å². The summed E-state index contributed by atoms with van der Waals surface area (Å²) in [5.74, 6) is -0.229. The van der Waals surface area contributed by atoms with Gasteiger partial charge in [-0.05, 0) is 48.1 Å². The maximum Gasteiger partial charge on any atom is 0.126 e. The first-order valence-electron chi connectivity index (χ1n) is 6.12. The summed E-state index contributed by atoms with van der Waals surface area (Å²) < 4.78 is 18.5. The molecule has 1 atom stereocenters. The zero-order valence-electron chi connectivity index (χ0n) is 10.6. The highest BCUT2D eigenvalue weighted by atomic mass is 79.9. The van der Waals surface area contributed by atoms with E-state index in [1.165, 1.54) is 17.6 Å². The average Bonchev–Trinajstić information content (AvgIpc) is 2.82. The van der Waals surface area contributed by atoms with Gasteiger partial charge in [-0.2, -0.15) is 0 Å². The fraction of sp³-hybridized carbons (Fsp3) is 0.385. The van der Waals surface area contributed by atoms with Crippen LogP contribution in [0, 0.1) is 5.82 Å². The molecule has 2 aromatic rings. The Hall–Kier alpha value is -0.850. The smallest absolute Gasteiger partial charge is 0.126 e. The van der Waals surface area contributed by atoms with Gasteiger partial charge in [0.05, 0.1) is 10.6 Å². The van der Waals surface area contributed by atoms with Gasteiger partial charge in [-0.15, -0.1) is 5.10 Å². The first kappa shape index (κ1) is 14.6. The van der Waals surface area contributed by atoms with Crippen LogP contribution in [0.15, 0.2) is 22.7 Å². The zero-order chi connectivity index (χ0) is 13.8. The van der Waals surface area contributed by atoms with E-state index in [4.69, 9.17) is 5.73 Å². The Kier molecular flexibility index (Phi) is 5.01. The second-order valence-corrected chi connectivity index (χ2v) is 6.08. The molecule has 1 aromatic carbocycles. The largest absolute Gasteiger partial charge is 0.323 e. The van der Waals surface area contributed by atoms with Gasteiger partial charge < -0.3 is 5.73 Å². The van der Waals surface area contributed by atoms with Crippen LogP contribution in [0.2, 0.25) is 0 Å². The van der Waals surface area contributed by atoms with Gasteiger partial charge in [0.15, 0.2) is 0 Å². The number of halogens is 2. The molecule has 0 saturated heterocycles. The van der Waals surface area contributed by atoms with Crippen LogP contribution >= 0.6 is 27.5 Å². The number of nitrogens with two attached hydrogens (primary N) is 1. The van der Waals surface area contributed by atoms with E-state index in [9.17, 15) is 4.39 Å². The van der Waals surface area contributed by atoms with Crippen LogP contribution in [0.4, 0.5) is 4.39 Å². The third kappa shape index (κ3) is 3.58. The third-order valence-electron chi connectivity index (χ3n) is 2.86. The molecule has 0 aliphatic rings. The second kappa shape index (κ2) is 6.54. The number of benzene rings is 1. The summed E-state index contributed by atoms with van der Waals surface area (Å²) in [6.45, 7) is 2.09. The first-order valence-corrected chi connectivity index (χ1v) is 7.69. The van der Waals surface area contributed by atoms with Gasteiger partial charge in [-0.1, -0.05) is 33.8 Å². The van der Waals surface area contributed by atoms with Crippen molar-refractivity contribution < 1.29 is 4.39 Å². The Labute approximate surface area is 124 Å². The molecule has 0 aliphatic carbocycles. The summed E-state index contributed by atoms with van der Waals surface area (Å²) in [5, 5.41) is 4.09. The molecule has 2 N–H and O–H groups in total. The SMILES string of the molecule is CCCc1nnsc1C(N)Cc1cc(Br)ccc1F. The first-order chi connectivity index (χ1) is 9.11. The van der Waals surface area contributed by atoms with Gasteiger partial charge in [-0.3, -0.25) is 0 Å². The number of hydrogen-bond acceptors (Lipinski definition) is 4. The van der Waals surface area contributed by atoms with Crippen LogP contribution in [0.1, 0.15) is 35.5 Å². The molecule has 0 saturated carbocycles. The van der Waals surface area contributed by atoms with Crippen molar-refractivity contribution in [3.63, 3.8) is 0 Å². The van der Waals surface area contributed by atoms with Gasteiger partial charge in [0, 0.05) is 10.5 Å². The number of aromatic nitrogens is 2. The number of nitrogens with zero attached hydrogens (tertiary/aromatic N) is 2. The second-order valence-electron chi connectivity index (χ2n) is 4.38. The monoisotopic (exact) mass is 343 g/mol. The predicted octanol–water partition coefficient (Wildman–Crippen LogP) is 3.63. The lowest BCUT2D eigenvalue weighted by Crippen LogP contribution is -2.14. The van der Waals surface area contributed by atoms with Crippen LogP contribution in [0.3, 0.4) is 0 Å². The molecular formula is C13H15BrFN3S. The van der Waals surface area contributed by atoms with Crippen molar-refractivity contribution >= 4 is 27.5 Å². The minimum Gasteiger partial charge on any atom is -0.323 e. The highest BCUT2D eigenvalue weighted by Gasteiger charge is 2.17. The minimum absolute atomic E-state index is 0.229. The Morgan fingerprint density at radius 2 is 2.26 bits per heavy atom. The molecule has 1 aromatic heterocycles. The lowest BCUT2D eigenvalue weighted by atomic mass is 10.0. The van der Waals surface area contributed by atoms with Crippen molar-refractivity contribution in [1.82, 2.24) is 9.59 Å². The summed E-state index contributed by atoms with van der Waals surface area (Å²) in [6.07, 6.45) is 2.31. The number of aryl methyl sites for hydroxylation is 1. The molecule has 1 heterocycles. The van der Waals surface area contributed by atoms with E-state index >= 15 is 0 Å². The van der Waals surface area contributed by atoms with Crippen LogP contribution in [0.5, 0.6) is 0 Å². The lowest BCUT2D eigenvalue weighted by molar-refractivity contribution is 0.593. The molecule has 2 rings (SSSR count). The normalized spacial score (nSPS) is 12.6. The maximum atomic E-state index is 13.7. The van der Waals surface area contributed by atoms with Crippen molar-refractivity contribution in [3.8, 4) is 0 Å². The highest BCUT2D eigenvalue weighted by Crippen LogP contribution is 2.25. The third-order valence-corrected chi connectivity index (χ3v) is 4.25. The van der Waals surface area contributed by atoms with Crippen LogP contribution in [0.25, 0.3) is 0 Å². The van der Waals surface area contributed by atoms with Gasteiger partial charge >= 0.3 is 0 Å². The van der Waals surface area contributed by atoms with Crippen LogP contribution < -0.4 is 5.73 Å². The van der Waals surface area contributed by atoms with Gasteiger partial charge in [0.2, 0.25) is 0 Å². The number of rotatable bonds is 5. The molecule has 0 radical (unpaired) electrons. The number of hydrogen-bond donors (Lipinski definition) is 1. The van der Waals surface area contributed by atoms with E-state index in [0.717, 1.165) is 27.9 Å². The molecule has 6 heteroatoms. The highest BCUT2D eigenvalue weighted by molar-refractivity contribution is 9.10. The van der Waals surface area contributed by atoms with Crippen molar-refractivity contribution in [3.05, 3.63) is 44.6 Å². The van der Waals surface area contributed by atoms with E-state index in [0.29, 0.717) is 12.0 Å². The molecule has 0 spiro atoms. The molecule has 0 bridgehead atoms. The Morgan fingerprint density at radius 1 is 1.47 bits per heavy atom. The van der Waals surface area contributed by atoms with Crippen molar-refractivity contribution in [2.75, 3.05) is 0 Å². The summed E-state index contributed by atoms with van der Waals surface area (Å²) in [6, 6.07) is 4.64. The van der Waals surface area contributed by atoms with E-state index in [-0.39, 0.29) is 11.9 Å². The molecule has 3 nitrogen and oxygen atoms in total. The minimum atomic E-state index is -0.259. The summed E-state index contributed by atoms with van der Waals surface area (Å²) in [7, 11) is 0. The zero-order valence-corrected chi connectivity index (χ0v) is 13.0. The van der Waals surface area contributed by atoms with Gasteiger partial charge in [0.1, 0.15) is 5.82 Å². The van der Waals surface area contributed by atoms with Crippen LogP contribution in [-0.2, 0) is 12.8 Å². The molecule has 19 heavy (non-hydrogen) atoms. The Bertz CT molecular complexity index is 559. The molecule has 0 fully saturated rings. The van der Waals surface area contributed by atoms with Crippen molar-refractivity contribution in [2.24, 2.45) is 5.73 Å². The molecule has 0 aliphatic heterocycles. The van der Waals surface area contributed by atoms with E-state index in [1.54, 1.807) is 12.1 Å². The molecule has 1 unspecified atom stereocenters. The van der Waals surface area contributed by atoms with Gasteiger partial charge in [-0.25, -0.2) is 4.39 Å². The fourth-order valence-electron chi connectivity index (χ4n) is 1.94. The quantitative estimate of drug-likeness (QED) is 0.901. The summed E-state index contributed by atoms with van der Waals surface area (Å²) in [4.78, 5) is 0.959. The topological polar surface area (TPSA) is 51.8 Å². The average molecular weight is 344 g/mol. The van der Waals surface area contributed by atoms with Crippen LogP contribution in [-0.4, -0.2) is 9.59 Å². The Morgan fingerprint density at radius 3 is 3.00 bits per heavy atom. The molecular weight excluding hydrogens is 329 g/mol. The standard InChI is InChI=1S/C13H15BrFN3S/c1-2-3-12-13(19-18-17-12)11(16)7-8-6-9(14)4-5-10(8)15/h4-6,11H,2-3,7,16H2,1H3.